The van der Waals surface area contributed by atoms with Gasteiger partial charge in [-0.1, -0.05) is 0 Å². The highest BCUT2D eigenvalue weighted by Crippen LogP contribution is 2.33. The lowest BCUT2D eigenvalue weighted by Crippen LogP contribution is -2.31. The number of benzene rings is 1. The molecule has 0 saturated carbocycles. The van der Waals surface area contributed by atoms with Gasteiger partial charge in [-0.15, -0.1) is 0 Å². The fourth-order valence-electron chi connectivity index (χ4n) is 2.64. The predicted molar refractivity (Wildman–Crippen MR) is 88.8 cm³/mol. The summed E-state index contributed by atoms with van der Waals surface area (Å²) in [6.07, 6.45) is 0.898. The van der Waals surface area contributed by atoms with Crippen molar-refractivity contribution in [1.82, 2.24) is 4.98 Å². The number of esters is 1. The van der Waals surface area contributed by atoms with Crippen LogP contribution in [0.5, 0.6) is 5.75 Å². The first kappa shape index (κ1) is 15.2. The molecule has 116 valence electrons. The van der Waals surface area contributed by atoms with Gasteiger partial charge in [-0.2, -0.15) is 11.8 Å². The second-order valence-corrected chi connectivity index (χ2v) is 6.94. The SMILES string of the molecule is COc1ccc2nc(C)cc(C(=O)OC3(C)CCSC3)c2c1. The van der Waals surface area contributed by atoms with E-state index in [1.54, 1.807) is 13.2 Å². The number of nitrogens with zero attached hydrogens (tertiary/aromatic N) is 1. The van der Waals surface area contributed by atoms with Gasteiger partial charge in [0.1, 0.15) is 11.4 Å². The summed E-state index contributed by atoms with van der Waals surface area (Å²) < 4.78 is 11.1. The normalized spacial score (nSPS) is 21.0. The average Bonchev–Trinajstić information content (AvgIpc) is 2.92. The molecule has 4 nitrogen and oxygen atoms in total. The number of hydrogen-bond donors (Lipinski definition) is 0. The van der Waals surface area contributed by atoms with Crippen LogP contribution in [0.4, 0.5) is 0 Å². The van der Waals surface area contributed by atoms with E-state index in [1.165, 1.54) is 0 Å². The summed E-state index contributed by atoms with van der Waals surface area (Å²) in [7, 11) is 1.61. The Hall–Kier alpha value is -1.75. The van der Waals surface area contributed by atoms with E-state index in [0.29, 0.717) is 11.3 Å². The maximum Gasteiger partial charge on any atom is 0.339 e. The number of pyridine rings is 1. The van der Waals surface area contributed by atoms with Crippen molar-refractivity contribution < 1.29 is 14.3 Å². The van der Waals surface area contributed by atoms with Crippen molar-refractivity contribution in [1.29, 1.82) is 0 Å². The van der Waals surface area contributed by atoms with Crippen LogP contribution >= 0.6 is 11.8 Å². The highest BCUT2D eigenvalue weighted by atomic mass is 32.2. The van der Waals surface area contributed by atoms with E-state index in [1.807, 2.05) is 43.8 Å². The number of aryl methyl sites for hydroxylation is 1. The quantitative estimate of drug-likeness (QED) is 0.810. The first-order valence-corrected chi connectivity index (χ1v) is 8.43. The standard InChI is InChI=1S/C17H19NO3S/c1-11-8-14(16(19)21-17(2)6-7-22-10-17)13-9-12(20-3)4-5-15(13)18-11/h4-5,8-9H,6-7,10H2,1-3H3. The molecule has 2 aromatic rings. The van der Waals surface area contributed by atoms with E-state index < -0.39 is 0 Å². The minimum absolute atomic E-state index is 0.284. The number of thioether (sulfide) groups is 1. The molecule has 1 aromatic heterocycles. The summed E-state index contributed by atoms with van der Waals surface area (Å²) in [5, 5.41) is 0.768. The van der Waals surface area contributed by atoms with Crippen LogP contribution < -0.4 is 4.74 Å². The molecule has 0 aliphatic carbocycles. The zero-order valence-electron chi connectivity index (χ0n) is 13.0. The Morgan fingerprint density at radius 1 is 1.36 bits per heavy atom. The third-order valence-electron chi connectivity index (χ3n) is 3.89. The maximum absolute atomic E-state index is 12.7. The molecular weight excluding hydrogens is 298 g/mol. The Balaban J connectivity index is 2.02. The van der Waals surface area contributed by atoms with E-state index >= 15 is 0 Å². The molecule has 3 rings (SSSR count). The molecule has 1 fully saturated rings. The van der Waals surface area contributed by atoms with Gasteiger partial charge in [-0.05, 0) is 50.3 Å². The zero-order valence-corrected chi connectivity index (χ0v) is 13.8. The van der Waals surface area contributed by atoms with E-state index in [-0.39, 0.29) is 11.6 Å². The van der Waals surface area contributed by atoms with Gasteiger partial charge in [0.05, 0.1) is 18.2 Å². The Kier molecular flexibility index (Phi) is 4.00. The van der Waals surface area contributed by atoms with Crippen LogP contribution in [-0.4, -0.2) is 35.2 Å². The Bertz CT molecular complexity index is 723. The molecule has 1 aliphatic heterocycles. The lowest BCUT2D eigenvalue weighted by molar-refractivity contribution is 0.00267. The molecule has 1 unspecified atom stereocenters. The van der Waals surface area contributed by atoms with Crippen molar-refractivity contribution in [2.75, 3.05) is 18.6 Å². The van der Waals surface area contributed by atoms with Gasteiger partial charge >= 0.3 is 5.97 Å². The molecule has 0 radical (unpaired) electrons. The fourth-order valence-corrected chi connectivity index (χ4v) is 4.00. The summed E-state index contributed by atoms with van der Waals surface area (Å²) >= 11 is 1.82. The molecule has 1 aliphatic rings. The predicted octanol–water partition coefficient (Wildman–Crippen LogP) is 3.60. The zero-order chi connectivity index (χ0) is 15.7. The molecule has 1 aromatic carbocycles. The minimum atomic E-state index is -0.371. The van der Waals surface area contributed by atoms with E-state index in [0.717, 1.165) is 34.5 Å². The van der Waals surface area contributed by atoms with Crippen LogP contribution in [0.1, 0.15) is 29.4 Å². The lowest BCUT2D eigenvalue weighted by Gasteiger charge is -2.23. The molecule has 22 heavy (non-hydrogen) atoms. The number of hydrogen-bond acceptors (Lipinski definition) is 5. The number of carbonyl (C=O) groups excluding carboxylic acids is 1. The number of aromatic nitrogens is 1. The van der Waals surface area contributed by atoms with Gasteiger partial charge in [-0.25, -0.2) is 4.79 Å². The number of ether oxygens (including phenoxy) is 2. The van der Waals surface area contributed by atoms with Gasteiger partial charge in [0, 0.05) is 16.8 Å². The first-order valence-electron chi connectivity index (χ1n) is 7.27. The Morgan fingerprint density at radius 2 is 2.18 bits per heavy atom. The highest BCUT2D eigenvalue weighted by Gasteiger charge is 2.34. The van der Waals surface area contributed by atoms with Crippen LogP contribution in [0.3, 0.4) is 0 Å². The van der Waals surface area contributed by atoms with Crippen LogP contribution in [-0.2, 0) is 4.74 Å². The minimum Gasteiger partial charge on any atom is -0.497 e. The summed E-state index contributed by atoms with van der Waals surface area (Å²) in [6, 6.07) is 7.34. The Morgan fingerprint density at radius 3 is 2.86 bits per heavy atom. The molecule has 1 saturated heterocycles. The van der Waals surface area contributed by atoms with E-state index in [4.69, 9.17) is 9.47 Å². The van der Waals surface area contributed by atoms with Gasteiger partial charge in [0.2, 0.25) is 0 Å². The van der Waals surface area contributed by atoms with Crippen molar-refractivity contribution in [2.45, 2.75) is 25.9 Å². The van der Waals surface area contributed by atoms with Gasteiger partial charge < -0.3 is 9.47 Å². The van der Waals surface area contributed by atoms with Crippen molar-refractivity contribution >= 4 is 28.6 Å². The topological polar surface area (TPSA) is 48.4 Å². The van der Waals surface area contributed by atoms with Gasteiger partial charge in [0.15, 0.2) is 0 Å². The van der Waals surface area contributed by atoms with Crippen molar-refractivity contribution in [3.8, 4) is 5.75 Å². The molecule has 0 spiro atoms. The number of methoxy groups -OCH3 is 1. The largest absolute Gasteiger partial charge is 0.497 e. The summed E-state index contributed by atoms with van der Waals surface area (Å²) in [5.41, 5.74) is 1.76. The van der Waals surface area contributed by atoms with Crippen LogP contribution in [0.2, 0.25) is 0 Å². The van der Waals surface area contributed by atoms with Crippen LogP contribution in [0.25, 0.3) is 10.9 Å². The smallest absolute Gasteiger partial charge is 0.339 e. The highest BCUT2D eigenvalue weighted by molar-refractivity contribution is 7.99. The van der Waals surface area contributed by atoms with Crippen molar-refractivity contribution in [3.63, 3.8) is 0 Å². The van der Waals surface area contributed by atoms with E-state index in [2.05, 4.69) is 4.98 Å². The molecule has 0 N–H and O–H groups in total. The summed E-state index contributed by atoms with van der Waals surface area (Å²) in [6.45, 7) is 3.88. The lowest BCUT2D eigenvalue weighted by atomic mass is 10.0. The second kappa shape index (κ2) is 5.80. The third-order valence-corrected chi connectivity index (χ3v) is 5.19. The fraction of sp³-hybridized carbons (Fsp3) is 0.412. The number of fused-ring (bicyclic) bond motifs is 1. The Labute approximate surface area is 134 Å². The van der Waals surface area contributed by atoms with Gasteiger partial charge in [0.25, 0.3) is 0 Å². The third kappa shape index (κ3) is 2.90. The average molecular weight is 317 g/mol. The van der Waals surface area contributed by atoms with Crippen LogP contribution in [0.15, 0.2) is 24.3 Å². The van der Waals surface area contributed by atoms with Gasteiger partial charge in [-0.3, -0.25) is 4.98 Å². The molecule has 2 heterocycles. The maximum atomic E-state index is 12.7. The number of carbonyl (C=O) groups is 1. The van der Waals surface area contributed by atoms with Crippen molar-refractivity contribution in [2.24, 2.45) is 0 Å². The molecule has 5 heteroatoms. The van der Waals surface area contributed by atoms with Crippen LogP contribution in [0, 0.1) is 6.92 Å². The summed E-state index contributed by atoms with van der Waals surface area (Å²) in [4.78, 5) is 17.1. The second-order valence-electron chi connectivity index (χ2n) is 5.84. The molecule has 0 bridgehead atoms. The molecular formula is C17H19NO3S. The van der Waals surface area contributed by atoms with E-state index in [9.17, 15) is 4.79 Å². The molecule has 0 amide bonds. The first-order chi connectivity index (χ1) is 10.5. The molecule has 1 atom stereocenters. The van der Waals surface area contributed by atoms with Crippen molar-refractivity contribution in [3.05, 3.63) is 35.5 Å². The monoisotopic (exact) mass is 317 g/mol. The summed E-state index contributed by atoms with van der Waals surface area (Å²) in [5.74, 6) is 2.31. The number of rotatable bonds is 3.